The highest BCUT2D eigenvalue weighted by Crippen LogP contribution is 2.37. The molecule has 0 saturated heterocycles. The summed E-state index contributed by atoms with van der Waals surface area (Å²) in [5.74, 6) is 1.03. The van der Waals surface area contributed by atoms with Gasteiger partial charge in [0.05, 0.1) is 29.5 Å². The molecule has 0 atom stereocenters. The molecule has 31 heavy (non-hydrogen) atoms. The van der Waals surface area contributed by atoms with Gasteiger partial charge < -0.3 is 14.3 Å². The first-order valence-corrected chi connectivity index (χ1v) is 10.3. The average Bonchev–Trinajstić information content (AvgIpc) is 2.76. The number of benzene rings is 3. The second-order valence-electron chi connectivity index (χ2n) is 6.82. The molecule has 0 radical (unpaired) electrons. The monoisotopic (exact) mass is 434 g/mol. The van der Waals surface area contributed by atoms with Gasteiger partial charge in [0, 0.05) is 11.1 Å². The number of nitrogens with zero attached hydrogens (tertiary/aromatic N) is 2. The van der Waals surface area contributed by atoms with Gasteiger partial charge in [0.15, 0.2) is 11.5 Å². The van der Waals surface area contributed by atoms with E-state index in [0.29, 0.717) is 40.9 Å². The molecule has 0 aliphatic carbocycles. The molecule has 0 aliphatic heterocycles. The van der Waals surface area contributed by atoms with Crippen LogP contribution in [-0.4, -0.2) is 12.8 Å². The van der Waals surface area contributed by atoms with Crippen molar-refractivity contribution in [1.29, 1.82) is 5.26 Å². The highest BCUT2D eigenvalue weighted by Gasteiger charge is 2.13. The summed E-state index contributed by atoms with van der Waals surface area (Å²) in [6.45, 7) is 4.99. The zero-order chi connectivity index (χ0) is 22.1. The van der Waals surface area contributed by atoms with Gasteiger partial charge in [0.25, 0.3) is 0 Å². The van der Waals surface area contributed by atoms with Crippen LogP contribution in [0.4, 0.5) is 0 Å². The lowest BCUT2D eigenvalue weighted by molar-refractivity contribution is 0.132. The van der Waals surface area contributed by atoms with E-state index in [1.807, 2.05) is 50.2 Å². The number of halogens is 1. The summed E-state index contributed by atoms with van der Waals surface area (Å²) < 4.78 is 11.7. The smallest absolute Gasteiger partial charge is 0.180 e. The van der Waals surface area contributed by atoms with E-state index in [0.717, 1.165) is 11.1 Å². The minimum atomic E-state index is 0.198. The Labute approximate surface area is 187 Å². The predicted octanol–water partition coefficient (Wildman–Crippen LogP) is 6.05. The van der Waals surface area contributed by atoms with Crippen molar-refractivity contribution < 1.29 is 14.3 Å². The summed E-state index contributed by atoms with van der Waals surface area (Å²) in [5.41, 5.74) is 4.27. The van der Waals surface area contributed by atoms with Crippen molar-refractivity contribution in [3.8, 4) is 17.6 Å². The zero-order valence-electron chi connectivity index (χ0n) is 17.5. The molecule has 0 amide bonds. The molecule has 3 aromatic rings. The molecule has 0 saturated carbocycles. The summed E-state index contributed by atoms with van der Waals surface area (Å²) in [6, 6.07) is 21.0. The molecule has 0 unspecified atom stereocenters. The maximum absolute atomic E-state index is 9.14. The molecule has 0 fully saturated rings. The maximum atomic E-state index is 9.14. The fraction of sp³-hybridized carbons (Fsp3) is 0.200. The highest BCUT2D eigenvalue weighted by atomic mass is 35.5. The van der Waals surface area contributed by atoms with Crippen LogP contribution in [0.3, 0.4) is 0 Å². The Bertz CT molecular complexity index is 1110. The average molecular weight is 435 g/mol. The third-order valence-electron chi connectivity index (χ3n) is 4.43. The summed E-state index contributed by atoms with van der Waals surface area (Å²) in [6.07, 6.45) is 1.55. The van der Waals surface area contributed by atoms with E-state index in [1.54, 1.807) is 24.4 Å². The Morgan fingerprint density at radius 1 is 1.03 bits per heavy atom. The summed E-state index contributed by atoms with van der Waals surface area (Å²) >= 11 is 6.47. The number of aryl methyl sites for hydroxylation is 1. The van der Waals surface area contributed by atoms with Crippen LogP contribution >= 0.6 is 11.6 Å². The lowest BCUT2D eigenvalue weighted by atomic mass is 10.1. The summed E-state index contributed by atoms with van der Waals surface area (Å²) in [4.78, 5) is 5.36. The third-order valence-corrected chi connectivity index (χ3v) is 4.71. The van der Waals surface area contributed by atoms with Crippen molar-refractivity contribution in [2.75, 3.05) is 6.61 Å². The van der Waals surface area contributed by atoms with Gasteiger partial charge >= 0.3 is 0 Å². The van der Waals surface area contributed by atoms with Crippen molar-refractivity contribution in [2.45, 2.75) is 27.1 Å². The number of hydrogen-bond acceptors (Lipinski definition) is 5. The lowest BCUT2D eigenvalue weighted by Gasteiger charge is -2.14. The van der Waals surface area contributed by atoms with Crippen LogP contribution in [0.2, 0.25) is 5.02 Å². The van der Waals surface area contributed by atoms with Crippen molar-refractivity contribution in [2.24, 2.45) is 5.16 Å². The van der Waals surface area contributed by atoms with Gasteiger partial charge in [-0.3, -0.25) is 0 Å². The number of rotatable bonds is 9. The standard InChI is InChI=1S/C25H23ClN2O3/c1-3-29-24-13-20(15-28-31-17-22-10-5-4-9-21(22)14-27)12-23(26)25(24)30-16-19-8-6-7-18(2)11-19/h4-13,15H,3,16-17H2,1-2H3/b28-15-. The normalized spacial score (nSPS) is 10.6. The van der Waals surface area contributed by atoms with Crippen LogP contribution in [-0.2, 0) is 18.1 Å². The highest BCUT2D eigenvalue weighted by molar-refractivity contribution is 6.32. The molecule has 5 nitrogen and oxygen atoms in total. The summed E-state index contributed by atoms with van der Waals surface area (Å²) in [7, 11) is 0. The van der Waals surface area contributed by atoms with Crippen LogP contribution in [0.1, 0.15) is 34.7 Å². The molecule has 0 aromatic heterocycles. The van der Waals surface area contributed by atoms with E-state index in [1.165, 1.54) is 5.56 Å². The van der Waals surface area contributed by atoms with Gasteiger partial charge in [-0.25, -0.2) is 0 Å². The number of oxime groups is 1. The molecular formula is C25H23ClN2O3. The fourth-order valence-electron chi connectivity index (χ4n) is 2.98. The predicted molar refractivity (Wildman–Crippen MR) is 122 cm³/mol. The molecule has 3 rings (SSSR count). The third kappa shape index (κ3) is 6.24. The lowest BCUT2D eigenvalue weighted by Crippen LogP contribution is -2.01. The Hall–Kier alpha value is -3.49. The maximum Gasteiger partial charge on any atom is 0.180 e. The van der Waals surface area contributed by atoms with Crippen LogP contribution in [0.25, 0.3) is 0 Å². The van der Waals surface area contributed by atoms with Crippen molar-refractivity contribution in [1.82, 2.24) is 0 Å². The molecular weight excluding hydrogens is 412 g/mol. The van der Waals surface area contributed by atoms with Crippen LogP contribution in [0.5, 0.6) is 11.5 Å². The second-order valence-corrected chi connectivity index (χ2v) is 7.22. The quantitative estimate of drug-likeness (QED) is 0.304. The fourth-order valence-corrected chi connectivity index (χ4v) is 3.26. The van der Waals surface area contributed by atoms with E-state index in [2.05, 4.69) is 17.3 Å². The van der Waals surface area contributed by atoms with E-state index in [4.69, 9.17) is 31.2 Å². The number of hydrogen-bond donors (Lipinski definition) is 0. The SMILES string of the molecule is CCOc1cc(/C=N\OCc2ccccc2C#N)cc(Cl)c1OCc1cccc(C)c1. The van der Waals surface area contributed by atoms with Crippen molar-refractivity contribution >= 4 is 17.8 Å². The minimum Gasteiger partial charge on any atom is -0.490 e. The first kappa shape index (κ1) is 22.2. The van der Waals surface area contributed by atoms with E-state index >= 15 is 0 Å². The van der Waals surface area contributed by atoms with Crippen LogP contribution in [0, 0.1) is 18.3 Å². The second kappa shape index (κ2) is 11.1. The Balaban J connectivity index is 1.70. The van der Waals surface area contributed by atoms with E-state index in [9.17, 15) is 0 Å². The molecule has 0 bridgehead atoms. The van der Waals surface area contributed by atoms with Crippen LogP contribution in [0.15, 0.2) is 65.8 Å². The van der Waals surface area contributed by atoms with Gasteiger partial charge in [0.1, 0.15) is 13.2 Å². The molecule has 0 spiro atoms. The molecule has 158 valence electrons. The van der Waals surface area contributed by atoms with Gasteiger partial charge in [-0.2, -0.15) is 5.26 Å². The Morgan fingerprint density at radius 2 is 1.87 bits per heavy atom. The minimum absolute atomic E-state index is 0.198. The Morgan fingerprint density at radius 3 is 2.65 bits per heavy atom. The molecule has 0 N–H and O–H groups in total. The Kier molecular flexibility index (Phi) is 7.91. The van der Waals surface area contributed by atoms with Gasteiger partial charge in [0.2, 0.25) is 0 Å². The first-order chi connectivity index (χ1) is 15.1. The van der Waals surface area contributed by atoms with Crippen LogP contribution < -0.4 is 9.47 Å². The largest absolute Gasteiger partial charge is 0.490 e. The van der Waals surface area contributed by atoms with Crippen molar-refractivity contribution in [3.63, 3.8) is 0 Å². The van der Waals surface area contributed by atoms with Gasteiger partial charge in [-0.1, -0.05) is 64.8 Å². The van der Waals surface area contributed by atoms with Gasteiger partial charge in [-0.15, -0.1) is 0 Å². The van der Waals surface area contributed by atoms with E-state index < -0.39 is 0 Å². The molecule has 0 heterocycles. The molecule has 0 aliphatic rings. The number of nitriles is 1. The topological polar surface area (TPSA) is 63.8 Å². The van der Waals surface area contributed by atoms with Crippen molar-refractivity contribution in [3.05, 3.63) is 93.5 Å². The van der Waals surface area contributed by atoms with E-state index in [-0.39, 0.29) is 6.61 Å². The summed E-state index contributed by atoms with van der Waals surface area (Å²) in [5, 5.41) is 13.6. The van der Waals surface area contributed by atoms with Gasteiger partial charge in [-0.05, 0) is 37.6 Å². The first-order valence-electron chi connectivity index (χ1n) is 9.88. The molecule has 3 aromatic carbocycles. The molecule has 6 heteroatoms. The number of ether oxygens (including phenoxy) is 2. The zero-order valence-corrected chi connectivity index (χ0v) is 18.2.